The second kappa shape index (κ2) is 8.99. The summed E-state index contributed by atoms with van der Waals surface area (Å²) in [4.78, 5) is 16.6. The average Bonchev–Trinajstić information content (AvgIpc) is 2.70. The monoisotopic (exact) mass is 360 g/mol. The molecule has 0 aliphatic rings. The highest BCUT2D eigenvalue weighted by molar-refractivity contribution is 5.96. The average molecular weight is 360 g/mol. The zero-order chi connectivity index (χ0) is 19.1. The Morgan fingerprint density at radius 2 is 1.70 bits per heavy atom. The number of nitrogens with one attached hydrogen (secondary N) is 1. The van der Waals surface area contributed by atoms with Crippen LogP contribution in [0.15, 0.2) is 67.0 Å². The van der Waals surface area contributed by atoms with Crippen LogP contribution in [0.3, 0.4) is 0 Å². The van der Waals surface area contributed by atoms with Crippen molar-refractivity contribution in [3.63, 3.8) is 0 Å². The van der Waals surface area contributed by atoms with E-state index in [1.54, 1.807) is 18.5 Å². The Bertz CT molecular complexity index is 907. The maximum absolute atomic E-state index is 12.5. The summed E-state index contributed by atoms with van der Waals surface area (Å²) in [6.07, 6.45) is 5.19. The minimum Gasteiger partial charge on any atom is -0.462 e. The van der Waals surface area contributed by atoms with E-state index in [1.807, 2.05) is 42.5 Å². The first kappa shape index (κ1) is 18.6. The van der Waals surface area contributed by atoms with Gasteiger partial charge in [0.2, 0.25) is 0 Å². The molecule has 138 valence electrons. The van der Waals surface area contributed by atoms with Crippen LogP contribution in [0.5, 0.6) is 0 Å². The molecule has 27 heavy (non-hydrogen) atoms. The van der Waals surface area contributed by atoms with E-state index in [1.165, 1.54) is 11.1 Å². The smallest absolute Gasteiger partial charge is 0.340 e. The van der Waals surface area contributed by atoms with Crippen LogP contribution in [0.4, 0.5) is 11.4 Å². The topological polar surface area (TPSA) is 51.2 Å². The first-order chi connectivity index (χ1) is 13.1. The van der Waals surface area contributed by atoms with Crippen molar-refractivity contribution in [3.8, 4) is 0 Å². The van der Waals surface area contributed by atoms with E-state index in [-0.39, 0.29) is 5.97 Å². The zero-order valence-corrected chi connectivity index (χ0v) is 15.7. The molecule has 0 saturated heterocycles. The highest BCUT2D eigenvalue weighted by atomic mass is 16.5. The molecule has 0 aliphatic heterocycles. The molecule has 0 atom stereocenters. The van der Waals surface area contributed by atoms with Crippen molar-refractivity contribution in [1.82, 2.24) is 4.98 Å². The maximum atomic E-state index is 12.5. The molecule has 0 bridgehead atoms. The fraction of sp³-hybridized carbons (Fsp3) is 0.217. The molecule has 0 unspecified atom stereocenters. The number of ether oxygens (including phenoxy) is 1. The van der Waals surface area contributed by atoms with E-state index in [2.05, 4.69) is 30.2 Å². The number of anilines is 2. The van der Waals surface area contributed by atoms with Gasteiger partial charge in [-0.05, 0) is 73.7 Å². The molecule has 2 aromatic carbocycles. The van der Waals surface area contributed by atoms with E-state index in [0.29, 0.717) is 12.2 Å². The standard InChI is InChI=1S/C23H24N2O2/c1-17-7-5-11-21(18(17)2)25-22-10-4-3-9-20(22)23(26)27-16-6-8-19-12-14-24-15-13-19/h3-5,7,9-15,25H,6,8,16H2,1-2H3. The zero-order valence-electron chi connectivity index (χ0n) is 15.7. The highest BCUT2D eigenvalue weighted by Gasteiger charge is 2.13. The van der Waals surface area contributed by atoms with E-state index < -0.39 is 0 Å². The summed E-state index contributed by atoms with van der Waals surface area (Å²) in [7, 11) is 0. The van der Waals surface area contributed by atoms with Crippen molar-refractivity contribution in [1.29, 1.82) is 0 Å². The Kier molecular flexibility index (Phi) is 6.21. The van der Waals surface area contributed by atoms with Crippen molar-refractivity contribution in [2.75, 3.05) is 11.9 Å². The first-order valence-electron chi connectivity index (χ1n) is 9.13. The van der Waals surface area contributed by atoms with Gasteiger partial charge in [0.05, 0.1) is 17.9 Å². The van der Waals surface area contributed by atoms with Crippen LogP contribution in [0.25, 0.3) is 0 Å². The van der Waals surface area contributed by atoms with Crippen molar-refractivity contribution in [2.24, 2.45) is 0 Å². The summed E-state index contributed by atoms with van der Waals surface area (Å²) in [6.45, 7) is 4.53. The molecule has 1 aromatic heterocycles. The number of aromatic nitrogens is 1. The number of hydrogen-bond donors (Lipinski definition) is 1. The normalized spacial score (nSPS) is 10.4. The van der Waals surface area contributed by atoms with Crippen LogP contribution >= 0.6 is 0 Å². The van der Waals surface area contributed by atoms with Gasteiger partial charge >= 0.3 is 5.97 Å². The van der Waals surface area contributed by atoms with Gasteiger partial charge in [0, 0.05) is 18.1 Å². The molecule has 4 nitrogen and oxygen atoms in total. The summed E-state index contributed by atoms with van der Waals surface area (Å²) in [5, 5.41) is 3.37. The predicted molar refractivity (Wildman–Crippen MR) is 108 cm³/mol. The second-order valence-corrected chi connectivity index (χ2v) is 6.51. The minimum atomic E-state index is -0.307. The highest BCUT2D eigenvalue weighted by Crippen LogP contribution is 2.25. The number of carbonyl (C=O) groups is 1. The SMILES string of the molecule is Cc1cccc(Nc2ccccc2C(=O)OCCCc2ccncc2)c1C. The van der Waals surface area contributed by atoms with Crippen LogP contribution in [0.2, 0.25) is 0 Å². The lowest BCUT2D eigenvalue weighted by atomic mass is 10.1. The Balaban J connectivity index is 1.62. The van der Waals surface area contributed by atoms with Crippen molar-refractivity contribution in [2.45, 2.75) is 26.7 Å². The number of rotatable bonds is 7. The third kappa shape index (κ3) is 4.94. The molecule has 0 fully saturated rings. The third-order valence-electron chi connectivity index (χ3n) is 4.61. The largest absolute Gasteiger partial charge is 0.462 e. The van der Waals surface area contributed by atoms with Crippen molar-refractivity contribution in [3.05, 3.63) is 89.2 Å². The molecule has 0 amide bonds. The summed E-state index contributed by atoms with van der Waals surface area (Å²) in [6, 6.07) is 17.5. The number of carbonyl (C=O) groups excluding carboxylic acids is 1. The first-order valence-corrected chi connectivity index (χ1v) is 9.13. The van der Waals surface area contributed by atoms with Gasteiger partial charge in [-0.1, -0.05) is 24.3 Å². The van der Waals surface area contributed by atoms with Gasteiger partial charge in [0.1, 0.15) is 0 Å². The van der Waals surface area contributed by atoms with Gasteiger partial charge < -0.3 is 10.1 Å². The van der Waals surface area contributed by atoms with Crippen molar-refractivity contribution >= 4 is 17.3 Å². The Labute approximate surface area is 160 Å². The van der Waals surface area contributed by atoms with Gasteiger partial charge in [-0.15, -0.1) is 0 Å². The van der Waals surface area contributed by atoms with Crippen LogP contribution in [-0.2, 0) is 11.2 Å². The van der Waals surface area contributed by atoms with Crippen LogP contribution in [0.1, 0.15) is 33.5 Å². The number of aryl methyl sites for hydroxylation is 2. The fourth-order valence-corrected chi connectivity index (χ4v) is 2.87. The number of para-hydroxylation sites is 1. The lowest BCUT2D eigenvalue weighted by Gasteiger charge is -2.14. The Morgan fingerprint density at radius 3 is 2.52 bits per heavy atom. The summed E-state index contributed by atoms with van der Waals surface area (Å²) in [5.41, 5.74) is 5.85. The quantitative estimate of drug-likeness (QED) is 0.463. The summed E-state index contributed by atoms with van der Waals surface area (Å²) in [5.74, 6) is -0.307. The number of benzene rings is 2. The molecule has 0 radical (unpaired) electrons. The van der Waals surface area contributed by atoms with E-state index in [0.717, 1.165) is 29.8 Å². The van der Waals surface area contributed by atoms with Crippen molar-refractivity contribution < 1.29 is 9.53 Å². The van der Waals surface area contributed by atoms with Crippen LogP contribution in [-0.4, -0.2) is 17.6 Å². The number of pyridine rings is 1. The number of hydrogen-bond acceptors (Lipinski definition) is 4. The maximum Gasteiger partial charge on any atom is 0.340 e. The van der Waals surface area contributed by atoms with E-state index in [9.17, 15) is 4.79 Å². The molecule has 1 N–H and O–H groups in total. The molecule has 1 heterocycles. The van der Waals surface area contributed by atoms with E-state index in [4.69, 9.17) is 4.74 Å². The van der Waals surface area contributed by atoms with Gasteiger partial charge in [-0.2, -0.15) is 0 Å². The van der Waals surface area contributed by atoms with Crippen LogP contribution < -0.4 is 5.32 Å². The molecule has 3 aromatic rings. The van der Waals surface area contributed by atoms with E-state index >= 15 is 0 Å². The molecule has 0 spiro atoms. The fourth-order valence-electron chi connectivity index (χ4n) is 2.87. The molecular weight excluding hydrogens is 336 g/mol. The molecular formula is C23H24N2O2. The minimum absolute atomic E-state index is 0.307. The Hall–Kier alpha value is -3.14. The molecule has 4 heteroatoms. The third-order valence-corrected chi connectivity index (χ3v) is 4.61. The molecule has 3 rings (SSSR count). The second-order valence-electron chi connectivity index (χ2n) is 6.51. The van der Waals surface area contributed by atoms with Crippen LogP contribution in [0, 0.1) is 13.8 Å². The predicted octanol–water partition coefficient (Wildman–Crippen LogP) is 5.23. The molecule has 0 saturated carbocycles. The summed E-state index contributed by atoms with van der Waals surface area (Å²) >= 11 is 0. The molecule has 0 aliphatic carbocycles. The van der Waals surface area contributed by atoms with Gasteiger partial charge in [0.25, 0.3) is 0 Å². The lowest BCUT2D eigenvalue weighted by Crippen LogP contribution is -2.10. The Morgan fingerprint density at radius 1 is 0.963 bits per heavy atom. The summed E-state index contributed by atoms with van der Waals surface area (Å²) < 4.78 is 5.49. The van der Waals surface area contributed by atoms with Gasteiger partial charge in [0.15, 0.2) is 0 Å². The lowest BCUT2D eigenvalue weighted by molar-refractivity contribution is 0.0502. The van der Waals surface area contributed by atoms with Gasteiger partial charge in [-0.25, -0.2) is 4.79 Å². The number of esters is 1. The van der Waals surface area contributed by atoms with Gasteiger partial charge in [-0.3, -0.25) is 4.98 Å². The number of nitrogens with zero attached hydrogens (tertiary/aromatic N) is 1.